The van der Waals surface area contributed by atoms with E-state index in [1.807, 2.05) is 24.6 Å². The van der Waals surface area contributed by atoms with Crippen LogP contribution in [-0.4, -0.2) is 81.0 Å². The number of anilines is 1. The Labute approximate surface area is 194 Å². The summed E-state index contributed by atoms with van der Waals surface area (Å²) in [6.07, 6.45) is 6.06. The maximum absolute atomic E-state index is 5.76. The smallest absolute Gasteiger partial charge is 0.225 e. The number of aryl methyl sites for hydroxylation is 1. The molecule has 0 aliphatic carbocycles. The second kappa shape index (κ2) is 10.8. The third-order valence-electron chi connectivity index (χ3n) is 5.48. The molecule has 2 aliphatic heterocycles. The van der Waals surface area contributed by atoms with Gasteiger partial charge in [-0.2, -0.15) is 0 Å². The molecule has 0 spiro atoms. The Kier molecular flexibility index (Phi) is 8.19. The molecule has 164 valence electrons. The number of hydrogen-bond acceptors (Lipinski definition) is 7. The van der Waals surface area contributed by atoms with E-state index < -0.39 is 0 Å². The molecular weight excluding hydrogens is 497 g/mol. The van der Waals surface area contributed by atoms with Gasteiger partial charge in [0.1, 0.15) is 12.4 Å². The molecule has 0 radical (unpaired) electrons. The standard InChI is InChI=1S/C19H29N9O.HI/c1-15-24-25-17(26(15)2)14-23-19(22-13-16-5-3-12-29-16)28-10-8-27(9-11-28)18-20-6-4-7-21-18;/h4,6-7,16H,3,5,8-14H2,1-2H3,(H,22,23);1H. The summed E-state index contributed by atoms with van der Waals surface area (Å²) in [5.74, 6) is 3.43. The molecule has 4 heterocycles. The predicted octanol–water partition coefficient (Wildman–Crippen LogP) is 0.978. The van der Waals surface area contributed by atoms with Crippen LogP contribution in [0.5, 0.6) is 0 Å². The van der Waals surface area contributed by atoms with Gasteiger partial charge in [-0.3, -0.25) is 0 Å². The van der Waals surface area contributed by atoms with E-state index in [9.17, 15) is 0 Å². The molecule has 2 aromatic rings. The number of hydrogen-bond donors (Lipinski definition) is 1. The molecule has 1 atom stereocenters. The highest BCUT2D eigenvalue weighted by molar-refractivity contribution is 14.0. The van der Waals surface area contributed by atoms with Crippen LogP contribution in [0.3, 0.4) is 0 Å². The molecule has 2 saturated heterocycles. The van der Waals surface area contributed by atoms with Crippen LogP contribution in [0.4, 0.5) is 5.95 Å². The fraction of sp³-hybridized carbons (Fsp3) is 0.632. The van der Waals surface area contributed by atoms with Crippen LogP contribution >= 0.6 is 24.0 Å². The van der Waals surface area contributed by atoms with E-state index in [1.54, 1.807) is 12.4 Å². The summed E-state index contributed by atoms with van der Waals surface area (Å²) in [6, 6.07) is 1.84. The summed E-state index contributed by atoms with van der Waals surface area (Å²) in [7, 11) is 1.97. The molecule has 30 heavy (non-hydrogen) atoms. The van der Waals surface area contributed by atoms with Crippen molar-refractivity contribution in [1.29, 1.82) is 0 Å². The quantitative estimate of drug-likeness (QED) is 0.350. The molecule has 0 saturated carbocycles. The van der Waals surface area contributed by atoms with Gasteiger partial charge in [0.05, 0.1) is 6.10 Å². The Bertz CT molecular complexity index is 815. The van der Waals surface area contributed by atoms with Crippen LogP contribution in [0.25, 0.3) is 0 Å². The van der Waals surface area contributed by atoms with Crippen molar-refractivity contribution in [2.75, 3.05) is 44.2 Å². The zero-order valence-electron chi connectivity index (χ0n) is 17.6. The number of aromatic nitrogens is 5. The lowest BCUT2D eigenvalue weighted by molar-refractivity contribution is 0.113. The Balaban J connectivity index is 0.00000256. The second-order valence-electron chi connectivity index (χ2n) is 7.40. The summed E-state index contributed by atoms with van der Waals surface area (Å²) >= 11 is 0. The Morgan fingerprint density at radius 3 is 2.60 bits per heavy atom. The van der Waals surface area contributed by atoms with Crippen LogP contribution in [-0.2, 0) is 18.3 Å². The lowest BCUT2D eigenvalue weighted by atomic mass is 10.2. The summed E-state index contributed by atoms with van der Waals surface area (Å²) in [4.78, 5) is 18.1. The predicted molar refractivity (Wildman–Crippen MR) is 125 cm³/mol. The first-order valence-corrected chi connectivity index (χ1v) is 10.2. The van der Waals surface area contributed by atoms with Gasteiger partial charge in [-0.05, 0) is 25.8 Å². The Morgan fingerprint density at radius 1 is 1.20 bits per heavy atom. The van der Waals surface area contributed by atoms with Crippen molar-refractivity contribution >= 4 is 35.9 Å². The van der Waals surface area contributed by atoms with Gasteiger partial charge in [0.2, 0.25) is 5.95 Å². The van der Waals surface area contributed by atoms with E-state index in [-0.39, 0.29) is 30.1 Å². The third-order valence-corrected chi connectivity index (χ3v) is 5.48. The van der Waals surface area contributed by atoms with Gasteiger partial charge in [0, 0.05) is 58.8 Å². The zero-order valence-corrected chi connectivity index (χ0v) is 19.9. The highest BCUT2D eigenvalue weighted by Gasteiger charge is 2.23. The Hall–Kier alpha value is -2.02. The number of aliphatic imine (C=N–C) groups is 1. The summed E-state index contributed by atoms with van der Waals surface area (Å²) < 4.78 is 7.74. The van der Waals surface area contributed by atoms with Gasteiger partial charge in [-0.25, -0.2) is 15.0 Å². The van der Waals surface area contributed by atoms with E-state index >= 15 is 0 Å². The van der Waals surface area contributed by atoms with E-state index in [2.05, 4.69) is 35.3 Å². The largest absolute Gasteiger partial charge is 0.376 e. The molecule has 2 aliphatic rings. The topological polar surface area (TPSA) is 96.6 Å². The first-order valence-electron chi connectivity index (χ1n) is 10.2. The SMILES string of the molecule is Cc1nnc(CN=C(NCC2CCCO2)N2CCN(c3ncccn3)CC2)n1C.I. The van der Waals surface area contributed by atoms with Crippen molar-refractivity contribution < 1.29 is 4.74 Å². The number of ether oxygens (including phenoxy) is 1. The average molecular weight is 527 g/mol. The number of nitrogens with one attached hydrogen (secondary N) is 1. The van der Waals surface area contributed by atoms with Gasteiger partial charge in [-0.1, -0.05) is 0 Å². The third kappa shape index (κ3) is 5.56. The van der Waals surface area contributed by atoms with Crippen molar-refractivity contribution in [2.45, 2.75) is 32.4 Å². The van der Waals surface area contributed by atoms with Gasteiger partial charge in [0.15, 0.2) is 11.8 Å². The number of halogens is 1. The molecule has 0 amide bonds. The molecule has 2 fully saturated rings. The van der Waals surface area contributed by atoms with Crippen molar-refractivity contribution in [2.24, 2.45) is 12.0 Å². The zero-order chi connectivity index (χ0) is 20.1. The van der Waals surface area contributed by atoms with E-state index in [0.717, 1.165) is 75.7 Å². The van der Waals surface area contributed by atoms with E-state index in [1.165, 1.54) is 0 Å². The highest BCUT2D eigenvalue weighted by Crippen LogP contribution is 2.13. The molecule has 0 bridgehead atoms. The van der Waals surface area contributed by atoms with Crippen molar-refractivity contribution in [3.63, 3.8) is 0 Å². The molecule has 1 N–H and O–H groups in total. The minimum absolute atomic E-state index is 0. The molecule has 2 aromatic heterocycles. The van der Waals surface area contributed by atoms with Crippen LogP contribution < -0.4 is 10.2 Å². The summed E-state index contributed by atoms with van der Waals surface area (Å²) in [5, 5.41) is 11.9. The van der Waals surface area contributed by atoms with Crippen LogP contribution in [0.15, 0.2) is 23.5 Å². The lowest BCUT2D eigenvalue weighted by Crippen LogP contribution is -2.53. The fourth-order valence-electron chi connectivity index (χ4n) is 3.59. The van der Waals surface area contributed by atoms with E-state index in [4.69, 9.17) is 9.73 Å². The van der Waals surface area contributed by atoms with Gasteiger partial charge >= 0.3 is 0 Å². The lowest BCUT2D eigenvalue weighted by Gasteiger charge is -2.36. The van der Waals surface area contributed by atoms with Crippen molar-refractivity contribution in [3.05, 3.63) is 30.1 Å². The highest BCUT2D eigenvalue weighted by atomic mass is 127. The minimum atomic E-state index is 0. The van der Waals surface area contributed by atoms with Crippen LogP contribution in [0, 0.1) is 6.92 Å². The molecule has 0 aromatic carbocycles. The first kappa shape index (κ1) is 22.7. The summed E-state index contributed by atoms with van der Waals surface area (Å²) in [5.41, 5.74) is 0. The van der Waals surface area contributed by atoms with Gasteiger partial charge < -0.3 is 24.4 Å². The van der Waals surface area contributed by atoms with Gasteiger partial charge in [-0.15, -0.1) is 34.2 Å². The maximum atomic E-state index is 5.76. The Morgan fingerprint density at radius 2 is 1.97 bits per heavy atom. The summed E-state index contributed by atoms with van der Waals surface area (Å²) in [6.45, 7) is 7.49. The van der Waals surface area contributed by atoms with Crippen LogP contribution in [0.2, 0.25) is 0 Å². The van der Waals surface area contributed by atoms with E-state index in [0.29, 0.717) is 6.54 Å². The number of rotatable bonds is 5. The number of piperazine rings is 1. The second-order valence-corrected chi connectivity index (χ2v) is 7.40. The fourth-order valence-corrected chi connectivity index (χ4v) is 3.59. The molecule has 11 heteroatoms. The molecule has 1 unspecified atom stereocenters. The monoisotopic (exact) mass is 527 g/mol. The van der Waals surface area contributed by atoms with Crippen molar-refractivity contribution in [1.82, 2.24) is 34.9 Å². The average Bonchev–Trinajstić information content (AvgIpc) is 3.40. The number of nitrogens with zero attached hydrogens (tertiary/aromatic N) is 8. The molecule has 10 nitrogen and oxygen atoms in total. The van der Waals surface area contributed by atoms with Crippen molar-refractivity contribution in [3.8, 4) is 0 Å². The first-order chi connectivity index (χ1) is 14.2. The number of guanidine groups is 1. The minimum Gasteiger partial charge on any atom is -0.376 e. The molecular formula is C19H30IN9O. The maximum Gasteiger partial charge on any atom is 0.225 e. The van der Waals surface area contributed by atoms with Gasteiger partial charge in [0.25, 0.3) is 0 Å². The normalized spacial score (nSPS) is 19.7. The molecule has 4 rings (SSSR count). The van der Waals surface area contributed by atoms with Crippen LogP contribution in [0.1, 0.15) is 24.5 Å².